The molecule has 0 saturated heterocycles. The maximum atomic E-state index is 12.1. The molecule has 2 aromatic rings. The third kappa shape index (κ3) is 3.18. The predicted molar refractivity (Wildman–Crippen MR) is 74.1 cm³/mol. The molecule has 0 unspecified atom stereocenters. The van der Waals surface area contributed by atoms with Gasteiger partial charge in [0.15, 0.2) is 9.99 Å². The van der Waals surface area contributed by atoms with Crippen molar-refractivity contribution in [3.63, 3.8) is 0 Å². The molecule has 0 aliphatic rings. The molecule has 100 valence electrons. The minimum absolute atomic E-state index is 0.116. The fourth-order valence-electron chi connectivity index (χ4n) is 1.47. The van der Waals surface area contributed by atoms with Gasteiger partial charge in [-0.25, -0.2) is 13.4 Å². The van der Waals surface area contributed by atoms with E-state index in [2.05, 4.69) is 9.71 Å². The van der Waals surface area contributed by atoms with Gasteiger partial charge in [0.1, 0.15) is 0 Å². The van der Waals surface area contributed by atoms with Gasteiger partial charge in [-0.2, -0.15) is 0 Å². The minimum Gasteiger partial charge on any atom is -0.295 e. The van der Waals surface area contributed by atoms with E-state index in [0.717, 1.165) is 11.3 Å². The van der Waals surface area contributed by atoms with Crippen LogP contribution in [0.4, 0.5) is 5.69 Å². The van der Waals surface area contributed by atoms with Crippen LogP contribution in [0.5, 0.6) is 0 Å². The number of hydrogen-bond acceptors (Lipinski definition) is 5. The molecule has 1 aromatic heterocycles. The van der Waals surface area contributed by atoms with E-state index < -0.39 is 10.0 Å². The molecule has 0 spiro atoms. The number of anilines is 1. The molecular weight excluding hydrogens is 284 g/mol. The summed E-state index contributed by atoms with van der Waals surface area (Å²) >= 11 is 1.10. The second-order valence-electron chi connectivity index (χ2n) is 3.94. The fraction of sp³-hybridized carbons (Fsp3) is 0.167. The molecule has 19 heavy (non-hydrogen) atoms. The van der Waals surface area contributed by atoms with E-state index in [0.29, 0.717) is 16.3 Å². The van der Waals surface area contributed by atoms with E-state index in [1.165, 1.54) is 19.2 Å². The molecule has 0 aliphatic carbocycles. The van der Waals surface area contributed by atoms with Crippen LogP contribution in [0.1, 0.15) is 22.3 Å². The summed E-state index contributed by atoms with van der Waals surface area (Å²) < 4.78 is 26.7. The second kappa shape index (κ2) is 5.10. The molecule has 7 heteroatoms. The van der Waals surface area contributed by atoms with Gasteiger partial charge in [0.25, 0.3) is 10.0 Å². The van der Waals surface area contributed by atoms with Crippen LogP contribution in [-0.4, -0.2) is 19.2 Å². The van der Waals surface area contributed by atoms with E-state index in [1.807, 2.05) is 0 Å². The lowest BCUT2D eigenvalue weighted by atomic mass is 10.1. The number of sulfonamides is 1. The molecule has 0 fully saturated rings. The van der Waals surface area contributed by atoms with Crippen molar-refractivity contribution >= 4 is 32.8 Å². The zero-order valence-corrected chi connectivity index (χ0v) is 12.0. The first kappa shape index (κ1) is 13.7. The standard InChI is InChI=1S/C12H12N2O3S2/c1-8(15)10-4-3-5-11(6-10)14-19(16,17)12-7-13-9(2)18-12/h3-7,14H,1-2H3. The van der Waals surface area contributed by atoms with Crippen molar-refractivity contribution in [2.45, 2.75) is 18.1 Å². The van der Waals surface area contributed by atoms with Gasteiger partial charge >= 0.3 is 0 Å². The predicted octanol–water partition coefficient (Wildman–Crippen LogP) is 2.45. The highest BCUT2D eigenvalue weighted by atomic mass is 32.2. The van der Waals surface area contributed by atoms with Crippen molar-refractivity contribution in [2.24, 2.45) is 0 Å². The summed E-state index contributed by atoms with van der Waals surface area (Å²) in [5.41, 5.74) is 0.819. The van der Waals surface area contributed by atoms with Crippen molar-refractivity contribution in [1.29, 1.82) is 0 Å². The van der Waals surface area contributed by atoms with Crippen molar-refractivity contribution < 1.29 is 13.2 Å². The number of hydrogen-bond donors (Lipinski definition) is 1. The van der Waals surface area contributed by atoms with Gasteiger partial charge in [0, 0.05) is 11.3 Å². The lowest BCUT2D eigenvalue weighted by molar-refractivity contribution is 0.101. The molecule has 2 rings (SSSR count). The summed E-state index contributed by atoms with van der Waals surface area (Å²) in [6.07, 6.45) is 1.32. The molecule has 0 aliphatic heterocycles. The molecule has 1 N–H and O–H groups in total. The van der Waals surface area contributed by atoms with Crippen LogP contribution in [0, 0.1) is 6.92 Å². The van der Waals surface area contributed by atoms with E-state index >= 15 is 0 Å². The molecular formula is C12H12N2O3S2. The topological polar surface area (TPSA) is 76.1 Å². The number of nitrogens with one attached hydrogen (secondary N) is 1. The molecule has 0 radical (unpaired) electrons. The van der Waals surface area contributed by atoms with Crippen molar-refractivity contribution in [3.05, 3.63) is 41.0 Å². The number of carbonyl (C=O) groups is 1. The van der Waals surface area contributed by atoms with Crippen LogP contribution in [0.3, 0.4) is 0 Å². The van der Waals surface area contributed by atoms with E-state index in [4.69, 9.17) is 0 Å². The Morgan fingerprint density at radius 1 is 1.37 bits per heavy atom. The number of Topliss-reactive ketones (excluding diaryl/α,β-unsaturated/α-hetero) is 1. The Morgan fingerprint density at radius 3 is 2.68 bits per heavy atom. The van der Waals surface area contributed by atoms with Gasteiger partial charge < -0.3 is 0 Å². The summed E-state index contributed by atoms with van der Waals surface area (Å²) in [6.45, 7) is 3.17. The first-order chi connectivity index (χ1) is 8.88. The van der Waals surface area contributed by atoms with E-state index in [1.54, 1.807) is 25.1 Å². The third-order valence-corrected chi connectivity index (χ3v) is 5.14. The first-order valence-electron chi connectivity index (χ1n) is 5.45. The van der Waals surface area contributed by atoms with Crippen LogP contribution in [-0.2, 0) is 10.0 Å². The molecule has 1 heterocycles. The molecule has 0 saturated carbocycles. The molecule has 0 amide bonds. The average molecular weight is 296 g/mol. The second-order valence-corrected chi connectivity index (χ2v) is 7.08. The Morgan fingerprint density at radius 2 is 2.11 bits per heavy atom. The zero-order chi connectivity index (χ0) is 14.0. The minimum atomic E-state index is -3.64. The van der Waals surface area contributed by atoms with Crippen LogP contribution < -0.4 is 4.72 Å². The average Bonchev–Trinajstić information content (AvgIpc) is 2.76. The normalized spacial score (nSPS) is 11.3. The van der Waals surface area contributed by atoms with E-state index in [9.17, 15) is 13.2 Å². The Labute approximate surface area is 115 Å². The van der Waals surface area contributed by atoms with Crippen molar-refractivity contribution in [2.75, 3.05) is 4.72 Å². The van der Waals surface area contributed by atoms with Crippen LogP contribution in [0.2, 0.25) is 0 Å². The Kier molecular flexibility index (Phi) is 3.68. The Bertz CT molecular complexity index is 720. The van der Waals surface area contributed by atoms with Gasteiger partial charge in [-0.05, 0) is 26.0 Å². The lowest BCUT2D eigenvalue weighted by Crippen LogP contribution is -2.11. The number of ketones is 1. The van der Waals surface area contributed by atoms with Gasteiger partial charge in [0.2, 0.25) is 0 Å². The number of aryl methyl sites for hydroxylation is 1. The monoisotopic (exact) mass is 296 g/mol. The highest BCUT2D eigenvalue weighted by molar-refractivity contribution is 7.94. The quantitative estimate of drug-likeness (QED) is 0.879. The van der Waals surface area contributed by atoms with Crippen molar-refractivity contribution in [1.82, 2.24) is 4.98 Å². The SMILES string of the molecule is CC(=O)c1cccc(NS(=O)(=O)c2cnc(C)s2)c1. The van der Waals surface area contributed by atoms with Gasteiger partial charge in [-0.1, -0.05) is 12.1 Å². The molecule has 0 bridgehead atoms. The fourth-order valence-corrected chi connectivity index (χ4v) is 3.63. The number of nitrogens with zero attached hydrogens (tertiary/aromatic N) is 1. The van der Waals surface area contributed by atoms with E-state index in [-0.39, 0.29) is 9.99 Å². The largest absolute Gasteiger partial charge is 0.295 e. The lowest BCUT2D eigenvalue weighted by Gasteiger charge is -2.06. The Hall–Kier alpha value is -1.73. The number of benzene rings is 1. The summed E-state index contributed by atoms with van der Waals surface area (Å²) in [7, 11) is -3.64. The molecule has 5 nitrogen and oxygen atoms in total. The molecule has 0 atom stereocenters. The number of carbonyl (C=O) groups excluding carboxylic acids is 1. The maximum Gasteiger partial charge on any atom is 0.273 e. The molecule has 1 aromatic carbocycles. The van der Waals surface area contributed by atoms with Gasteiger partial charge in [0.05, 0.1) is 11.2 Å². The van der Waals surface area contributed by atoms with Gasteiger partial charge in [-0.3, -0.25) is 9.52 Å². The van der Waals surface area contributed by atoms with Crippen LogP contribution >= 0.6 is 11.3 Å². The first-order valence-corrected chi connectivity index (χ1v) is 7.75. The van der Waals surface area contributed by atoms with Crippen LogP contribution in [0.25, 0.3) is 0 Å². The summed E-state index contributed by atoms with van der Waals surface area (Å²) in [4.78, 5) is 15.2. The maximum absolute atomic E-state index is 12.1. The number of rotatable bonds is 4. The Balaban J connectivity index is 2.30. The third-order valence-electron chi connectivity index (χ3n) is 2.39. The number of thiazole rings is 1. The highest BCUT2D eigenvalue weighted by Gasteiger charge is 2.17. The number of aromatic nitrogens is 1. The summed E-state index contributed by atoms with van der Waals surface area (Å²) in [5.74, 6) is -0.116. The highest BCUT2D eigenvalue weighted by Crippen LogP contribution is 2.21. The summed E-state index contributed by atoms with van der Waals surface area (Å²) in [5, 5.41) is 0.679. The van der Waals surface area contributed by atoms with Gasteiger partial charge in [-0.15, -0.1) is 11.3 Å². The van der Waals surface area contributed by atoms with Crippen molar-refractivity contribution in [3.8, 4) is 0 Å². The summed E-state index contributed by atoms with van der Waals surface area (Å²) in [6, 6.07) is 6.37. The van der Waals surface area contributed by atoms with Crippen LogP contribution in [0.15, 0.2) is 34.7 Å². The smallest absolute Gasteiger partial charge is 0.273 e. The zero-order valence-electron chi connectivity index (χ0n) is 10.4.